The van der Waals surface area contributed by atoms with Gasteiger partial charge in [0.25, 0.3) is 5.56 Å². The minimum absolute atomic E-state index is 0.227. The highest BCUT2D eigenvalue weighted by Crippen LogP contribution is 2.26. The highest BCUT2D eigenvalue weighted by Gasteiger charge is 2.15. The normalized spacial score (nSPS) is 14.2. The second kappa shape index (κ2) is 10.1. The van der Waals surface area contributed by atoms with Gasteiger partial charge in [-0.05, 0) is 80.0 Å². The molecular formula is C24H26N4O2S. The molecule has 2 aromatic carbocycles. The summed E-state index contributed by atoms with van der Waals surface area (Å²) in [4.78, 5) is 16.8. The summed E-state index contributed by atoms with van der Waals surface area (Å²) >= 11 is 1.22. The monoisotopic (exact) mass is 434 g/mol. The zero-order chi connectivity index (χ0) is 21.5. The molecule has 4 N–H and O–H groups in total. The Morgan fingerprint density at radius 3 is 2.61 bits per heavy atom. The Balaban J connectivity index is 1.41. The van der Waals surface area contributed by atoms with Gasteiger partial charge in [-0.2, -0.15) is 0 Å². The molecule has 7 heteroatoms. The van der Waals surface area contributed by atoms with Gasteiger partial charge in [0.05, 0.1) is 0 Å². The van der Waals surface area contributed by atoms with Crippen LogP contribution >= 0.6 is 11.5 Å². The van der Waals surface area contributed by atoms with Crippen LogP contribution in [0.2, 0.25) is 0 Å². The zero-order valence-corrected chi connectivity index (χ0v) is 18.1. The van der Waals surface area contributed by atoms with E-state index in [1.807, 2.05) is 54.6 Å². The molecule has 1 aromatic heterocycles. The summed E-state index contributed by atoms with van der Waals surface area (Å²) in [6.07, 6.45) is 8.03. The van der Waals surface area contributed by atoms with Crippen LogP contribution in [0.15, 0.2) is 76.0 Å². The van der Waals surface area contributed by atoms with Crippen molar-refractivity contribution < 1.29 is 4.74 Å². The Labute approximate surface area is 185 Å². The zero-order valence-electron chi connectivity index (χ0n) is 17.3. The average Bonchev–Trinajstić information content (AvgIpc) is 3.16. The van der Waals surface area contributed by atoms with Crippen molar-refractivity contribution in [2.75, 3.05) is 11.9 Å². The van der Waals surface area contributed by atoms with Gasteiger partial charge in [-0.25, -0.2) is 0 Å². The number of nitrogens with zero attached hydrogens (tertiary/aromatic N) is 1. The molecule has 160 valence electrons. The smallest absolute Gasteiger partial charge is 0.271 e. The van der Waals surface area contributed by atoms with E-state index in [0.717, 1.165) is 36.4 Å². The number of para-hydroxylation sites is 1. The number of hydrogen-bond acceptors (Lipinski definition) is 5. The van der Waals surface area contributed by atoms with Crippen molar-refractivity contribution in [2.24, 2.45) is 10.7 Å². The largest absolute Gasteiger partial charge is 0.457 e. The first-order valence-electron chi connectivity index (χ1n) is 10.5. The molecule has 6 nitrogen and oxygen atoms in total. The number of aliphatic imine (C=N–C) groups is 1. The van der Waals surface area contributed by atoms with Crippen molar-refractivity contribution in [3.63, 3.8) is 0 Å². The topological polar surface area (TPSA) is 92.5 Å². The highest BCUT2D eigenvalue weighted by molar-refractivity contribution is 7.10. The van der Waals surface area contributed by atoms with Gasteiger partial charge in [-0.3, -0.25) is 14.2 Å². The second-order valence-corrected chi connectivity index (χ2v) is 8.24. The van der Waals surface area contributed by atoms with Crippen LogP contribution in [-0.4, -0.2) is 16.8 Å². The number of aromatic amines is 1. The van der Waals surface area contributed by atoms with E-state index in [4.69, 9.17) is 10.5 Å². The van der Waals surface area contributed by atoms with Gasteiger partial charge in [0, 0.05) is 12.2 Å². The third kappa shape index (κ3) is 5.64. The predicted octanol–water partition coefficient (Wildman–Crippen LogP) is 5.57. The highest BCUT2D eigenvalue weighted by atomic mass is 32.1. The Hall–Kier alpha value is -3.32. The molecule has 1 aliphatic rings. The summed E-state index contributed by atoms with van der Waals surface area (Å²) in [5, 5.41) is 3.92. The van der Waals surface area contributed by atoms with Crippen molar-refractivity contribution in [3.8, 4) is 11.5 Å². The number of nitrogens with one attached hydrogen (secondary N) is 2. The predicted molar refractivity (Wildman–Crippen MR) is 128 cm³/mol. The van der Waals surface area contributed by atoms with Gasteiger partial charge in [-0.15, -0.1) is 0 Å². The molecule has 0 amide bonds. The Morgan fingerprint density at radius 2 is 1.87 bits per heavy atom. The first-order chi connectivity index (χ1) is 15.2. The number of H-pyrrole nitrogens is 1. The fraction of sp³-hybridized carbons (Fsp3) is 0.250. The van der Waals surface area contributed by atoms with Crippen LogP contribution in [0.5, 0.6) is 11.5 Å². The van der Waals surface area contributed by atoms with E-state index in [1.54, 1.807) is 0 Å². The standard InChI is InChI=1S/C24H26N4O2S/c25-22(26-16-15-17-7-3-1-4-8-17)21-23(29)28-31-24(21)27-18-11-13-20(14-12-18)30-19-9-5-2-6-10-19/h2,5-7,9-14,27H,1,3-4,8,15-16H2,(H2,25,26)(H,28,29). The number of benzene rings is 2. The van der Waals surface area contributed by atoms with E-state index >= 15 is 0 Å². The molecule has 1 aliphatic carbocycles. The summed E-state index contributed by atoms with van der Waals surface area (Å²) < 4.78 is 8.57. The molecule has 0 atom stereocenters. The molecule has 0 radical (unpaired) electrons. The van der Waals surface area contributed by atoms with E-state index in [0.29, 0.717) is 17.1 Å². The van der Waals surface area contributed by atoms with Crippen molar-refractivity contribution in [1.82, 2.24) is 4.37 Å². The quantitative estimate of drug-likeness (QED) is 0.246. The van der Waals surface area contributed by atoms with Crippen molar-refractivity contribution in [1.29, 1.82) is 0 Å². The molecule has 3 aromatic rings. The van der Waals surface area contributed by atoms with Gasteiger partial charge >= 0.3 is 0 Å². The molecule has 0 bridgehead atoms. The Bertz CT molecular complexity index is 1110. The Morgan fingerprint density at radius 1 is 1.10 bits per heavy atom. The summed E-state index contributed by atoms with van der Waals surface area (Å²) in [6.45, 7) is 0.595. The number of allylic oxidation sites excluding steroid dienone is 1. The molecule has 31 heavy (non-hydrogen) atoms. The SMILES string of the molecule is NC(=NCCC1=CCCCC1)c1c(Nc2ccc(Oc3ccccc3)cc2)s[nH]c1=O. The van der Waals surface area contributed by atoms with Crippen LogP contribution in [0.3, 0.4) is 0 Å². The van der Waals surface area contributed by atoms with Crippen LogP contribution in [0.4, 0.5) is 10.7 Å². The molecule has 0 saturated heterocycles. The van der Waals surface area contributed by atoms with E-state index in [-0.39, 0.29) is 11.4 Å². The fourth-order valence-electron chi connectivity index (χ4n) is 3.52. The second-order valence-electron chi connectivity index (χ2n) is 7.43. The number of rotatable bonds is 8. The van der Waals surface area contributed by atoms with Gasteiger partial charge in [0.1, 0.15) is 27.9 Å². The van der Waals surface area contributed by atoms with Crippen LogP contribution in [0.1, 0.15) is 37.7 Å². The molecule has 0 spiro atoms. The number of anilines is 2. The number of hydrogen-bond donors (Lipinski definition) is 3. The molecular weight excluding hydrogens is 408 g/mol. The third-order valence-corrected chi connectivity index (χ3v) is 5.95. The summed E-state index contributed by atoms with van der Waals surface area (Å²) in [5.74, 6) is 1.78. The van der Waals surface area contributed by atoms with Crippen molar-refractivity contribution in [3.05, 3.63) is 82.2 Å². The van der Waals surface area contributed by atoms with E-state index in [9.17, 15) is 4.79 Å². The average molecular weight is 435 g/mol. The first-order valence-corrected chi connectivity index (χ1v) is 11.3. The van der Waals surface area contributed by atoms with Crippen LogP contribution in [0.25, 0.3) is 0 Å². The van der Waals surface area contributed by atoms with E-state index in [1.165, 1.54) is 29.9 Å². The number of aromatic nitrogens is 1. The summed E-state index contributed by atoms with van der Waals surface area (Å²) in [5.41, 5.74) is 8.62. The lowest BCUT2D eigenvalue weighted by Crippen LogP contribution is -2.22. The lowest BCUT2D eigenvalue weighted by molar-refractivity contribution is 0.483. The lowest BCUT2D eigenvalue weighted by Gasteiger charge is -2.11. The molecule has 0 aliphatic heterocycles. The molecule has 0 saturated carbocycles. The maximum atomic E-state index is 12.3. The molecule has 0 unspecified atom stereocenters. The van der Waals surface area contributed by atoms with Crippen molar-refractivity contribution in [2.45, 2.75) is 32.1 Å². The molecule has 4 rings (SSSR count). The minimum Gasteiger partial charge on any atom is -0.457 e. The molecule has 1 heterocycles. The summed E-state index contributed by atoms with van der Waals surface area (Å²) in [6, 6.07) is 17.2. The molecule has 0 fully saturated rings. The van der Waals surface area contributed by atoms with Crippen LogP contribution in [-0.2, 0) is 0 Å². The van der Waals surface area contributed by atoms with Gasteiger partial charge in [0.15, 0.2) is 0 Å². The van der Waals surface area contributed by atoms with Gasteiger partial charge < -0.3 is 15.8 Å². The maximum absolute atomic E-state index is 12.3. The number of amidine groups is 1. The minimum atomic E-state index is -0.227. The number of nitrogens with two attached hydrogens (primary N) is 1. The maximum Gasteiger partial charge on any atom is 0.271 e. The van der Waals surface area contributed by atoms with Gasteiger partial charge in [-0.1, -0.05) is 29.8 Å². The van der Waals surface area contributed by atoms with Gasteiger partial charge in [0.2, 0.25) is 0 Å². The first kappa shape index (κ1) is 20.9. The van der Waals surface area contributed by atoms with Crippen LogP contribution < -0.4 is 21.3 Å². The lowest BCUT2D eigenvalue weighted by atomic mass is 9.97. The van der Waals surface area contributed by atoms with Crippen molar-refractivity contribution >= 4 is 28.1 Å². The summed E-state index contributed by atoms with van der Waals surface area (Å²) in [7, 11) is 0. The number of ether oxygens (including phenoxy) is 1. The Kier molecular flexibility index (Phi) is 6.84. The van der Waals surface area contributed by atoms with Crippen LogP contribution in [0, 0.1) is 0 Å². The fourth-order valence-corrected chi connectivity index (χ4v) is 4.28. The van der Waals surface area contributed by atoms with E-state index in [2.05, 4.69) is 20.8 Å². The van der Waals surface area contributed by atoms with E-state index < -0.39 is 0 Å². The third-order valence-electron chi connectivity index (χ3n) is 5.15.